The number of benzene rings is 1. The number of ether oxygens (including phenoxy) is 2. The molecule has 1 N–H and O–H groups in total. The van der Waals surface area contributed by atoms with Crippen LogP contribution < -0.4 is 9.47 Å². The van der Waals surface area contributed by atoms with Crippen molar-refractivity contribution >= 4 is 5.97 Å². The summed E-state index contributed by atoms with van der Waals surface area (Å²) in [5.74, 6) is 0.279. The van der Waals surface area contributed by atoms with Crippen molar-refractivity contribution in [2.75, 3.05) is 14.2 Å². The molecule has 0 saturated carbocycles. The first-order chi connectivity index (χ1) is 9.56. The van der Waals surface area contributed by atoms with Crippen LogP contribution in [-0.4, -0.2) is 40.3 Å². The van der Waals surface area contributed by atoms with E-state index >= 15 is 0 Å². The molecule has 0 unspecified atom stereocenters. The minimum absolute atomic E-state index is 0.0492. The summed E-state index contributed by atoms with van der Waals surface area (Å²) < 4.78 is 12.0. The lowest BCUT2D eigenvalue weighted by molar-refractivity contribution is 0.0689. The summed E-state index contributed by atoms with van der Waals surface area (Å²) in [5.41, 5.74) is 1.27. The molecule has 106 valence electrons. The summed E-state index contributed by atoms with van der Waals surface area (Å²) in [6.07, 6.45) is 0. The first-order valence-corrected chi connectivity index (χ1v) is 5.91. The van der Waals surface area contributed by atoms with Crippen LogP contribution in [0.5, 0.6) is 11.5 Å². The van der Waals surface area contributed by atoms with Gasteiger partial charge in [-0.3, -0.25) is 0 Å². The molecular formula is C13H15N3O4. The van der Waals surface area contributed by atoms with E-state index in [2.05, 4.69) is 10.3 Å². The number of methoxy groups -OCH3 is 2. The van der Waals surface area contributed by atoms with Gasteiger partial charge >= 0.3 is 5.97 Å². The third-order valence-corrected chi connectivity index (χ3v) is 2.99. The van der Waals surface area contributed by atoms with Crippen molar-refractivity contribution in [1.82, 2.24) is 15.0 Å². The number of rotatable bonds is 5. The van der Waals surface area contributed by atoms with Gasteiger partial charge in [0.15, 0.2) is 5.69 Å². The Morgan fingerprint density at radius 3 is 2.65 bits per heavy atom. The molecule has 0 atom stereocenters. The van der Waals surface area contributed by atoms with Crippen molar-refractivity contribution in [3.05, 3.63) is 35.2 Å². The number of aromatic nitrogens is 3. The minimum Gasteiger partial charge on any atom is -0.497 e. The number of carbonyl (C=O) groups is 1. The Morgan fingerprint density at radius 1 is 1.35 bits per heavy atom. The summed E-state index contributed by atoms with van der Waals surface area (Å²) in [4.78, 5) is 11.0. The van der Waals surface area contributed by atoms with Crippen LogP contribution in [0, 0.1) is 6.92 Å². The van der Waals surface area contributed by atoms with Gasteiger partial charge in [-0.25, -0.2) is 9.48 Å². The molecule has 2 aromatic rings. The Hall–Kier alpha value is -2.57. The van der Waals surface area contributed by atoms with Crippen LogP contribution in [0.3, 0.4) is 0 Å². The number of carboxylic acids is 1. The van der Waals surface area contributed by atoms with Gasteiger partial charge in [0, 0.05) is 5.56 Å². The molecule has 7 nitrogen and oxygen atoms in total. The highest BCUT2D eigenvalue weighted by atomic mass is 16.5. The van der Waals surface area contributed by atoms with E-state index in [-0.39, 0.29) is 5.69 Å². The van der Waals surface area contributed by atoms with Gasteiger partial charge in [-0.05, 0) is 25.1 Å². The zero-order valence-electron chi connectivity index (χ0n) is 11.5. The van der Waals surface area contributed by atoms with Crippen molar-refractivity contribution in [1.29, 1.82) is 0 Å². The van der Waals surface area contributed by atoms with Crippen molar-refractivity contribution in [2.24, 2.45) is 0 Å². The maximum absolute atomic E-state index is 11.0. The average Bonchev–Trinajstić information content (AvgIpc) is 2.80. The fraction of sp³-hybridized carbons (Fsp3) is 0.308. The SMILES string of the molecule is COc1ccc(OC)c(Cn2nnc(C(=O)O)c2C)c1. The fourth-order valence-corrected chi connectivity index (χ4v) is 1.87. The summed E-state index contributed by atoms with van der Waals surface area (Å²) in [6.45, 7) is 2.02. The van der Waals surface area contributed by atoms with E-state index in [4.69, 9.17) is 14.6 Å². The van der Waals surface area contributed by atoms with Crippen molar-refractivity contribution in [2.45, 2.75) is 13.5 Å². The van der Waals surface area contributed by atoms with E-state index in [1.54, 1.807) is 33.3 Å². The van der Waals surface area contributed by atoms with Crippen molar-refractivity contribution in [3.63, 3.8) is 0 Å². The van der Waals surface area contributed by atoms with E-state index < -0.39 is 5.97 Å². The highest BCUT2D eigenvalue weighted by Crippen LogP contribution is 2.25. The maximum Gasteiger partial charge on any atom is 0.358 e. The van der Waals surface area contributed by atoms with E-state index in [9.17, 15) is 4.79 Å². The number of carboxylic acid groups (broad SMARTS) is 1. The monoisotopic (exact) mass is 277 g/mol. The Kier molecular flexibility index (Phi) is 3.88. The molecule has 0 radical (unpaired) electrons. The lowest BCUT2D eigenvalue weighted by Gasteiger charge is -2.11. The first kappa shape index (κ1) is 13.9. The van der Waals surface area contributed by atoms with Crippen LogP contribution in [-0.2, 0) is 6.54 Å². The predicted molar refractivity (Wildman–Crippen MR) is 70.4 cm³/mol. The van der Waals surface area contributed by atoms with Gasteiger partial charge in [-0.2, -0.15) is 0 Å². The summed E-state index contributed by atoms with van der Waals surface area (Å²) >= 11 is 0. The average molecular weight is 277 g/mol. The summed E-state index contributed by atoms with van der Waals surface area (Å²) in [6, 6.07) is 5.40. The highest BCUT2D eigenvalue weighted by molar-refractivity contribution is 5.86. The number of nitrogens with zero attached hydrogens (tertiary/aromatic N) is 3. The molecule has 0 spiro atoms. The van der Waals surface area contributed by atoms with E-state index in [1.165, 1.54) is 4.68 Å². The van der Waals surface area contributed by atoms with Crippen LogP contribution in [0.1, 0.15) is 21.7 Å². The topological polar surface area (TPSA) is 86.5 Å². The van der Waals surface area contributed by atoms with Gasteiger partial charge in [-0.1, -0.05) is 5.21 Å². The molecule has 20 heavy (non-hydrogen) atoms. The number of aromatic carboxylic acids is 1. The Bertz CT molecular complexity index is 637. The molecule has 0 fully saturated rings. The Balaban J connectivity index is 2.36. The maximum atomic E-state index is 11.0. The van der Waals surface area contributed by atoms with Gasteiger partial charge in [0.2, 0.25) is 0 Å². The van der Waals surface area contributed by atoms with E-state index in [0.717, 1.165) is 5.56 Å². The fourth-order valence-electron chi connectivity index (χ4n) is 1.87. The van der Waals surface area contributed by atoms with Crippen molar-refractivity contribution in [3.8, 4) is 11.5 Å². The second kappa shape index (κ2) is 5.60. The van der Waals surface area contributed by atoms with Gasteiger partial charge in [0.05, 0.1) is 26.5 Å². The van der Waals surface area contributed by atoms with Gasteiger partial charge in [0.25, 0.3) is 0 Å². The Labute approximate surface area is 115 Å². The van der Waals surface area contributed by atoms with Gasteiger partial charge in [-0.15, -0.1) is 5.10 Å². The third kappa shape index (κ3) is 2.56. The molecule has 1 aromatic carbocycles. The molecule has 0 aliphatic heterocycles. The molecular weight excluding hydrogens is 262 g/mol. The number of hydrogen-bond acceptors (Lipinski definition) is 5. The second-order valence-electron chi connectivity index (χ2n) is 4.16. The lowest BCUT2D eigenvalue weighted by Crippen LogP contribution is -2.07. The van der Waals surface area contributed by atoms with Crippen LogP contribution in [0.4, 0.5) is 0 Å². The van der Waals surface area contributed by atoms with Crippen LogP contribution in [0.15, 0.2) is 18.2 Å². The Morgan fingerprint density at radius 2 is 2.10 bits per heavy atom. The first-order valence-electron chi connectivity index (χ1n) is 5.91. The highest BCUT2D eigenvalue weighted by Gasteiger charge is 2.16. The zero-order chi connectivity index (χ0) is 14.7. The molecule has 0 saturated heterocycles. The molecule has 1 heterocycles. The predicted octanol–water partition coefficient (Wildman–Crippen LogP) is 1.35. The molecule has 0 aliphatic carbocycles. The van der Waals surface area contributed by atoms with Crippen molar-refractivity contribution < 1.29 is 19.4 Å². The normalized spacial score (nSPS) is 10.3. The summed E-state index contributed by atoms with van der Waals surface area (Å²) in [7, 11) is 3.15. The molecule has 7 heteroatoms. The smallest absolute Gasteiger partial charge is 0.358 e. The van der Waals surface area contributed by atoms with E-state index in [0.29, 0.717) is 23.7 Å². The molecule has 0 amide bonds. The largest absolute Gasteiger partial charge is 0.497 e. The summed E-state index contributed by atoms with van der Waals surface area (Å²) in [5, 5.41) is 16.5. The third-order valence-electron chi connectivity index (χ3n) is 2.99. The van der Waals surface area contributed by atoms with Gasteiger partial charge in [0.1, 0.15) is 11.5 Å². The molecule has 0 bridgehead atoms. The molecule has 0 aliphatic rings. The van der Waals surface area contributed by atoms with E-state index in [1.807, 2.05) is 6.07 Å². The lowest BCUT2D eigenvalue weighted by atomic mass is 10.2. The van der Waals surface area contributed by atoms with Crippen LogP contribution in [0.2, 0.25) is 0 Å². The quantitative estimate of drug-likeness (QED) is 0.887. The van der Waals surface area contributed by atoms with Crippen LogP contribution >= 0.6 is 0 Å². The number of hydrogen-bond donors (Lipinski definition) is 1. The molecule has 2 rings (SSSR count). The van der Waals surface area contributed by atoms with Crippen LogP contribution in [0.25, 0.3) is 0 Å². The zero-order valence-corrected chi connectivity index (χ0v) is 11.5. The molecule has 1 aromatic heterocycles. The van der Waals surface area contributed by atoms with Gasteiger partial charge < -0.3 is 14.6 Å². The standard InChI is InChI=1S/C13H15N3O4/c1-8-12(13(17)18)14-15-16(8)7-9-6-10(19-2)4-5-11(9)20-3/h4-6H,7H2,1-3H3,(H,17,18). The minimum atomic E-state index is -1.09. The second-order valence-corrected chi connectivity index (χ2v) is 4.16.